The second-order valence-electron chi connectivity index (χ2n) is 5.03. The van der Waals surface area contributed by atoms with Crippen molar-refractivity contribution in [3.63, 3.8) is 0 Å². The maximum Gasteiger partial charge on any atom is 0.0719 e. The van der Waals surface area contributed by atoms with E-state index in [1.54, 1.807) is 0 Å². The van der Waals surface area contributed by atoms with Crippen molar-refractivity contribution in [1.29, 1.82) is 0 Å². The summed E-state index contributed by atoms with van der Waals surface area (Å²) < 4.78 is 5.52. The molecule has 0 fully saturated rings. The van der Waals surface area contributed by atoms with Crippen LogP contribution in [0.2, 0.25) is 5.02 Å². The van der Waals surface area contributed by atoms with Crippen LogP contribution in [0.15, 0.2) is 48.5 Å². The lowest BCUT2D eigenvalue weighted by atomic mass is 10.1. The molecular formula is C18H22ClNO. The highest BCUT2D eigenvalue weighted by Crippen LogP contribution is 2.22. The van der Waals surface area contributed by atoms with Crippen LogP contribution in [0.5, 0.6) is 0 Å². The van der Waals surface area contributed by atoms with Crippen LogP contribution in [0.3, 0.4) is 0 Å². The number of hydrogen-bond donors (Lipinski definition) is 1. The summed E-state index contributed by atoms with van der Waals surface area (Å²) in [7, 11) is 0. The summed E-state index contributed by atoms with van der Waals surface area (Å²) in [6.45, 7) is 6.34. The number of hydrogen-bond acceptors (Lipinski definition) is 2. The summed E-state index contributed by atoms with van der Waals surface area (Å²) in [6.07, 6.45) is 0. The van der Waals surface area contributed by atoms with Crippen LogP contribution < -0.4 is 5.32 Å². The zero-order valence-corrected chi connectivity index (χ0v) is 13.4. The Hall–Kier alpha value is -1.35. The Morgan fingerprint density at radius 1 is 1.05 bits per heavy atom. The predicted molar refractivity (Wildman–Crippen MR) is 88.5 cm³/mol. The molecule has 0 aliphatic carbocycles. The van der Waals surface area contributed by atoms with E-state index in [0.29, 0.717) is 6.61 Å². The van der Waals surface area contributed by atoms with Crippen LogP contribution in [0.1, 0.15) is 36.6 Å². The molecule has 1 N–H and O–H groups in total. The quantitative estimate of drug-likeness (QED) is 0.798. The molecule has 0 bridgehead atoms. The first-order valence-corrected chi connectivity index (χ1v) is 7.72. The highest BCUT2D eigenvalue weighted by molar-refractivity contribution is 6.31. The smallest absolute Gasteiger partial charge is 0.0719 e. The van der Waals surface area contributed by atoms with Crippen LogP contribution in [0.25, 0.3) is 0 Å². The van der Waals surface area contributed by atoms with Crippen LogP contribution in [-0.4, -0.2) is 6.61 Å². The van der Waals surface area contributed by atoms with Crippen LogP contribution in [0.4, 0.5) is 0 Å². The summed E-state index contributed by atoms with van der Waals surface area (Å²) in [6, 6.07) is 16.5. The molecule has 0 heterocycles. The van der Waals surface area contributed by atoms with Gasteiger partial charge in [0.25, 0.3) is 0 Å². The highest BCUT2D eigenvalue weighted by atomic mass is 35.5. The molecule has 2 nitrogen and oxygen atoms in total. The molecule has 0 aliphatic heterocycles. The Balaban J connectivity index is 2.01. The molecule has 21 heavy (non-hydrogen) atoms. The minimum atomic E-state index is 0.207. The summed E-state index contributed by atoms with van der Waals surface area (Å²) in [4.78, 5) is 0. The summed E-state index contributed by atoms with van der Waals surface area (Å²) >= 11 is 6.24. The van der Waals surface area contributed by atoms with E-state index in [0.717, 1.165) is 23.7 Å². The number of nitrogens with one attached hydrogen (secondary N) is 1. The molecule has 2 aromatic carbocycles. The zero-order chi connectivity index (χ0) is 15.1. The van der Waals surface area contributed by atoms with E-state index in [1.165, 1.54) is 11.1 Å². The molecular weight excluding hydrogens is 282 g/mol. The third-order valence-corrected chi connectivity index (χ3v) is 3.89. The molecule has 0 aliphatic rings. The Bertz CT molecular complexity index is 571. The van der Waals surface area contributed by atoms with E-state index < -0.39 is 0 Å². The van der Waals surface area contributed by atoms with Gasteiger partial charge in [0.1, 0.15) is 0 Å². The van der Waals surface area contributed by atoms with E-state index >= 15 is 0 Å². The van der Waals surface area contributed by atoms with E-state index in [4.69, 9.17) is 16.3 Å². The van der Waals surface area contributed by atoms with Gasteiger partial charge in [0, 0.05) is 24.2 Å². The molecule has 1 unspecified atom stereocenters. The van der Waals surface area contributed by atoms with Crippen molar-refractivity contribution in [1.82, 2.24) is 5.32 Å². The van der Waals surface area contributed by atoms with Crippen LogP contribution in [-0.2, 0) is 17.9 Å². The number of rotatable bonds is 7. The number of halogens is 1. The van der Waals surface area contributed by atoms with Crippen LogP contribution >= 0.6 is 11.6 Å². The maximum absolute atomic E-state index is 6.24. The van der Waals surface area contributed by atoms with E-state index in [-0.39, 0.29) is 6.04 Å². The van der Waals surface area contributed by atoms with Gasteiger partial charge in [-0.25, -0.2) is 0 Å². The van der Waals surface area contributed by atoms with Crippen LogP contribution in [0, 0.1) is 0 Å². The first kappa shape index (κ1) is 16.0. The molecule has 0 saturated carbocycles. The molecule has 2 rings (SSSR count). The Morgan fingerprint density at radius 3 is 2.43 bits per heavy atom. The van der Waals surface area contributed by atoms with Gasteiger partial charge in [-0.1, -0.05) is 54.1 Å². The zero-order valence-electron chi connectivity index (χ0n) is 12.6. The van der Waals surface area contributed by atoms with Gasteiger partial charge in [-0.05, 0) is 36.6 Å². The number of ether oxygens (including phenoxy) is 1. The monoisotopic (exact) mass is 303 g/mol. The maximum atomic E-state index is 6.24. The molecule has 0 aromatic heterocycles. The van der Waals surface area contributed by atoms with Gasteiger partial charge in [0.2, 0.25) is 0 Å². The van der Waals surface area contributed by atoms with E-state index in [2.05, 4.69) is 42.6 Å². The van der Waals surface area contributed by atoms with Crippen molar-refractivity contribution >= 4 is 11.6 Å². The topological polar surface area (TPSA) is 21.3 Å². The van der Waals surface area contributed by atoms with Gasteiger partial charge in [0.15, 0.2) is 0 Å². The Morgan fingerprint density at radius 2 is 1.71 bits per heavy atom. The van der Waals surface area contributed by atoms with Crippen molar-refractivity contribution < 1.29 is 4.74 Å². The first-order chi connectivity index (χ1) is 10.2. The third-order valence-electron chi connectivity index (χ3n) is 3.55. The largest absolute Gasteiger partial charge is 0.377 e. The lowest BCUT2D eigenvalue weighted by Crippen LogP contribution is -2.19. The predicted octanol–water partition coefficient (Wildman–Crippen LogP) is 4.73. The van der Waals surface area contributed by atoms with Crippen molar-refractivity contribution in [3.8, 4) is 0 Å². The molecule has 0 spiro atoms. The summed E-state index contributed by atoms with van der Waals surface area (Å²) in [5.41, 5.74) is 3.63. The van der Waals surface area contributed by atoms with Gasteiger partial charge in [-0.15, -0.1) is 0 Å². The first-order valence-electron chi connectivity index (χ1n) is 7.34. The molecule has 1 atom stereocenters. The second kappa shape index (κ2) is 8.18. The molecule has 0 saturated heterocycles. The minimum Gasteiger partial charge on any atom is -0.377 e. The van der Waals surface area contributed by atoms with Gasteiger partial charge in [0.05, 0.1) is 6.61 Å². The Labute approximate surface area is 132 Å². The fourth-order valence-electron chi connectivity index (χ4n) is 2.28. The average molecular weight is 304 g/mol. The summed E-state index contributed by atoms with van der Waals surface area (Å²) in [5.74, 6) is 0. The SMILES string of the molecule is CCOCc1ccccc1CNC(C)c1ccccc1Cl. The standard InChI is InChI=1S/C18H22ClNO/c1-3-21-13-16-9-5-4-8-15(16)12-20-14(2)17-10-6-7-11-18(17)19/h4-11,14,20H,3,12-13H2,1-2H3. The van der Waals surface area contributed by atoms with Crippen molar-refractivity contribution in [3.05, 3.63) is 70.2 Å². The van der Waals surface area contributed by atoms with Crippen molar-refractivity contribution in [2.24, 2.45) is 0 Å². The highest BCUT2D eigenvalue weighted by Gasteiger charge is 2.09. The average Bonchev–Trinajstić information content (AvgIpc) is 2.52. The van der Waals surface area contributed by atoms with E-state index in [1.807, 2.05) is 25.1 Å². The minimum absolute atomic E-state index is 0.207. The molecule has 0 amide bonds. The lowest BCUT2D eigenvalue weighted by Gasteiger charge is -2.17. The van der Waals surface area contributed by atoms with Crippen molar-refractivity contribution in [2.45, 2.75) is 33.0 Å². The second-order valence-corrected chi connectivity index (χ2v) is 5.44. The third kappa shape index (κ3) is 4.57. The lowest BCUT2D eigenvalue weighted by molar-refractivity contribution is 0.133. The van der Waals surface area contributed by atoms with Gasteiger partial charge in [-0.2, -0.15) is 0 Å². The fourth-order valence-corrected chi connectivity index (χ4v) is 2.58. The number of benzene rings is 2. The van der Waals surface area contributed by atoms with E-state index in [9.17, 15) is 0 Å². The normalized spacial score (nSPS) is 12.3. The van der Waals surface area contributed by atoms with Crippen molar-refractivity contribution in [2.75, 3.05) is 6.61 Å². The summed E-state index contributed by atoms with van der Waals surface area (Å²) in [5, 5.41) is 4.34. The Kier molecular flexibility index (Phi) is 6.24. The molecule has 112 valence electrons. The van der Waals surface area contributed by atoms with Gasteiger partial charge < -0.3 is 10.1 Å². The molecule has 2 aromatic rings. The molecule has 3 heteroatoms. The van der Waals surface area contributed by atoms with Gasteiger partial charge in [-0.3, -0.25) is 0 Å². The fraction of sp³-hybridized carbons (Fsp3) is 0.333. The molecule has 0 radical (unpaired) electrons. The van der Waals surface area contributed by atoms with Gasteiger partial charge >= 0.3 is 0 Å².